The number of rotatable bonds is 5. The smallest absolute Gasteiger partial charge is 0.368 e. The van der Waals surface area contributed by atoms with E-state index in [1.807, 2.05) is 6.92 Å². The van der Waals surface area contributed by atoms with Crippen LogP contribution < -0.4 is 5.32 Å². The third kappa shape index (κ3) is 4.73. The van der Waals surface area contributed by atoms with Crippen LogP contribution in [0.25, 0.3) is 5.69 Å². The molecular weight excluding hydrogens is 452 g/mol. The van der Waals surface area contributed by atoms with E-state index in [2.05, 4.69) is 20.5 Å². The van der Waals surface area contributed by atoms with Gasteiger partial charge >= 0.3 is 6.18 Å². The van der Waals surface area contributed by atoms with Gasteiger partial charge in [-0.15, -0.1) is 4.80 Å². The van der Waals surface area contributed by atoms with E-state index in [1.54, 1.807) is 24.0 Å². The summed E-state index contributed by atoms with van der Waals surface area (Å²) in [6.45, 7) is 4.37. The van der Waals surface area contributed by atoms with Gasteiger partial charge in [0.25, 0.3) is 5.91 Å². The number of halogens is 4. The molecule has 0 saturated carbocycles. The lowest BCUT2D eigenvalue weighted by molar-refractivity contribution is -0.137. The van der Waals surface area contributed by atoms with Crippen LogP contribution in [0.3, 0.4) is 0 Å². The van der Waals surface area contributed by atoms with E-state index in [0.29, 0.717) is 12.1 Å². The minimum absolute atomic E-state index is 0.00987. The maximum atomic E-state index is 15.0. The minimum atomic E-state index is -4.46. The number of alkyl halides is 3. The van der Waals surface area contributed by atoms with Gasteiger partial charge in [0.05, 0.1) is 29.6 Å². The van der Waals surface area contributed by atoms with Crippen molar-refractivity contribution < 1.29 is 22.4 Å². The zero-order valence-electron chi connectivity index (χ0n) is 18.7. The van der Waals surface area contributed by atoms with E-state index in [0.717, 1.165) is 29.9 Å². The quantitative estimate of drug-likeness (QED) is 0.550. The number of carbonyl (C=O) groups excluding carboxylic acids is 1. The van der Waals surface area contributed by atoms with E-state index in [1.165, 1.54) is 18.5 Å². The topological polar surface area (TPSA) is 75.9 Å². The molecule has 7 nitrogen and oxygen atoms in total. The molecule has 1 aromatic carbocycles. The average molecular weight is 476 g/mol. The van der Waals surface area contributed by atoms with Crippen molar-refractivity contribution in [1.29, 1.82) is 0 Å². The normalized spacial score (nSPS) is 18.7. The molecule has 1 aliphatic heterocycles. The third-order valence-electron chi connectivity index (χ3n) is 6.12. The Balaban J connectivity index is 1.58. The number of benzene rings is 1. The first-order valence-corrected chi connectivity index (χ1v) is 10.9. The molecule has 3 heterocycles. The fourth-order valence-electron chi connectivity index (χ4n) is 4.21. The summed E-state index contributed by atoms with van der Waals surface area (Å²) in [6.07, 6.45) is 0.786. The van der Waals surface area contributed by atoms with Crippen molar-refractivity contribution in [1.82, 2.24) is 24.9 Å². The number of piperidine rings is 1. The lowest BCUT2D eigenvalue weighted by Gasteiger charge is -2.40. The first-order valence-electron chi connectivity index (χ1n) is 10.9. The van der Waals surface area contributed by atoms with Gasteiger partial charge in [0.2, 0.25) is 0 Å². The zero-order valence-corrected chi connectivity index (χ0v) is 18.7. The lowest BCUT2D eigenvalue weighted by Crippen LogP contribution is -2.51. The van der Waals surface area contributed by atoms with E-state index in [-0.39, 0.29) is 41.5 Å². The molecule has 34 heavy (non-hydrogen) atoms. The minimum Gasteiger partial charge on any atom is -0.368 e. The number of pyridine rings is 1. The van der Waals surface area contributed by atoms with Crippen molar-refractivity contribution in [2.75, 3.05) is 18.4 Å². The second kappa shape index (κ2) is 9.40. The molecule has 1 unspecified atom stereocenters. The van der Waals surface area contributed by atoms with Gasteiger partial charge in [0.1, 0.15) is 11.5 Å². The van der Waals surface area contributed by atoms with Gasteiger partial charge in [-0.1, -0.05) is 13.0 Å². The maximum Gasteiger partial charge on any atom is 0.417 e. The first-order chi connectivity index (χ1) is 16.2. The number of likely N-dealkylation sites (tertiary alicyclic amines) is 1. The molecule has 0 aliphatic carbocycles. The van der Waals surface area contributed by atoms with E-state index in [4.69, 9.17) is 0 Å². The maximum absolute atomic E-state index is 15.0. The molecule has 1 aliphatic rings. The van der Waals surface area contributed by atoms with Crippen LogP contribution in [0.1, 0.15) is 41.3 Å². The number of amides is 1. The summed E-state index contributed by atoms with van der Waals surface area (Å²) in [5, 5.41) is 11.1. The van der Waals surface area contributed by atoms with Crippen LogP contribution in [-0.4, -0.2) is 49.9 Å². The molecule has 1 saturated heterocycles. The number of hydrogen-bond donors (Lipinski definition) is 1. The second-order valence-electron chi connectivity index (χ2n) is 8.41. The molecule has 0 bridgehead atoms. The highest BCUT2D eigenvalue weighted by atomic mass is 19.4. The molecule has 11 heteroatoms. The van der Waals surface area contributed by atoms with Crippen molar-refractivity contribution in [2.45, 2.75) is 38.9 Å². The number of nitrogens with one attached hydrogen (secondary N) is 1. The summed E-state index contributed by atoms with van der Waals surface area (Å²) in [7, 11) is 0. The summed E-state index contributed by atoms with van der Waals surface area (Å²) >= 11 is 0. The van der Waals surface area contributed by atoms with Crippen LogP contribution in [0, 0.1) is 18.7 Å². The lowest BCUT2D eigenvalue weighted by atomic mass is 9.89. The zero-order chi connectivity index (χ0) is 24.5. The number of hydrogen-bond acceptors (Lipinski definition) is 5. The van der Waals surface area contributed by atoms with Gasteiger partial charge < -0.3 is 10.2 Å². The summed E-state index contributed by atoms with van der Waals surface area (Å²) in [6, 6.07) is 5.07. The summed E-state index contributed by atoms with van der Waals surface area (Å²) in [5.74, 6) is -0.539. The fourth-order valence-corrected chi connectivity index (χ4v) is 4.21. The van der Waals surface area contributed by atoms with Gasteiger partial charge in [-0.2, -0.15) is 23.4 Å². The summed E-state index contributed by atoms with van der Waals surface area (Å²) in [4.78, 5) is 20.3. The van der Waals surface area contributed by atoms with E-state index >= 15 is 4.39 Å². The molecule has 2 aromatic heterocycles. The van der Waals surface area contributed by atoms with E-state index in [9.17, 15) is 18.0 Å². The molecule has 0 radical (unpaired) electrons. The summed E-state index contributed by atoms with van der Waals surface area (Å²) in [5.41, 5.74) is -0.333. The van der Waals surface area contributed by atoms with Crippen LogP contribution in [0.5, 0.6) is 0 Å². The van der Waals surface area contributed by atoms with Crippen LogP contribution in [0.2, 0.25) is 0 Å². The Morgan fingerprint density at radius 2 is 1.91 bits per heavy atom. The Bertz CT molecular complexity index is 1150. The third-order valence-corrected chi connectivity index (χ3v) is 6.12. The fraction of sp³-hybridized carbons (Fsp3) is 0.391. The Labute approximate surface area is 193 Å². The van der Waals surface area contributed by atoms with Gasteiger partial charge in [0.15, 0.2) is 5.82 Å². The van der Waals surface area contributed by atoms with Crippen LogP contribution in [0.15, 0.2) is 42.9 Å². The van der Waals surface area contributed by atoms with E-state index < -0.39 is 17.6 Å². The second-order valence-corrected chi connectivity index (χ2v) is 8.41. The molecule has 1 N–H and O–H groups in total. The van der Waals surface area contributed by atoms with Crippen molar-refractivity contribution in [3.05, 3.63) is 65.4 Å². The van der Waals surface area contributed by atoms with Crippen molar-refractivity contribution in [2.24, 2.45) is 5.92 Å². The summed E-state index contributed by atoms with van der Waals surface area (Å²) < 4.78 is 53.4. The highest BCUT2D eigenvalue weighted by Gasteiger charge is 2.35. The van der Waals surface area contributed by atoms with Crippen molar-refractivity contribution in [3.8, 4) is 5.69 Å². The Morgan fingerprint density at radius 3 is 2.56 bits per heavy atom. The van der Waals surface area contributed by atoms with Gasteiger partial charge in [0, 0.05) is 19.3 Å². The monoisotopic (exact) mass is 476 g/mol. The average Bonchev–Trinajstić information content (AvgIpc) is 3.33. The predicted octanol–water partition coefficient (Wildman–Crippen LogP) is 4.48. The molecule has 0 spiro atoms. The van der Waals surface area contributed by atoms with Crippen LogP contribution >= 0.6 is 0 Å². The first kappa shape index (κ1) is 23.7. The highest BCUT2D eigenvalue weighted by molar-refractivity contribution is 5.98. The Hall–Kier alpha value is -3.50. The number of carbonyl (C=O) groups is 1. The molecular formula is C23H24F4N6O. The number of aromatic nitrogens is 4. The molecule has 1 fully saturated rings. The number of nitrogens with zero attached hydrogens (tertiary/aromatic N) is 5. The van der Waals surface area contributed by atoms with Gasteiger partial charge in [-0.25, -0.2) is 9.37 Å². The molecule has 4 rings (SSSR count). The number of anilines is 1. The Kier molecular flexibility index (Phi) is 6.54. The molecule has 1 amide bonds. The predicted molar refractivity (Wildman–Crippen MR) is 117 cm³/mol. The van der Waals surface area contributed by atoms with Crippen LogP contribution in [0.4, 0.5) is 23.4 Å². The Morgan fingerprint density at radius 1 is 1.18 bits per heavy atom. The number of aryl methyl sites for hydroxylation is 1. The molecule has 2 atom stereocenters. The molecule has 180 valence electrons. The van der Waals surface area contributed by atoms with Gasteiger partial charge in [-0.05, 0) is 49.4 Å². The largest absolute Gasteiger partial charge is 0.417 e. The van der Waals surface area contributed by atoms with Crippen LogP contribution in [-0.2, 0) is 6.18 Å². The van der Waals surface area contributed by atoms with Crippen molar-refractivity contribution in [3.63, 3.8) is 0 Å². The van der Waals surface area contributed by atoms with Crippen molar-refractivity contribution >= 4 is 11.7 Å². The van der Waals surface area contributed by atoms with Gasteiger partial charge in [-0.3, -0.25) is 4.79 Å². The standard InChI is InChI=1S/C23H24F4N6O/c1-14-4-3-11-32(18(14)13-29-19-8-6-16(12-28-19)23(25,26)27)22(34)17-7-5-15(2)20(24)21(17)33-30-9-10-31-33/h5-10,12,14,18H,3-4,11,13H2,1-2H3,(H,28,29)/t14-,18?/m1/s1. The highest BCUT2D eigenvalue weighted by Crippen LogP contribution is 2.30. The SMILES string of the molecule is Cc1ccc(C(=O)N2CCC[C@@H](C)C2CNc2ccc(C(F)(F)F)cn2)c(-n2nccn2)c1F. The molecule has 3 aromatic rings.